The monoisotopic (exact) mass is 418 g/mol. The van der Waals surface area contributed by atoms with Gasteiger partial charge in [-0.05, 0) is 55.4 Å². The molecular formula is C18H27B2O4Y-. The molecule has 2 saturated heterocycles. The number of hydrogen-bond acceptors (Lipinski definition) is 4. The van der Waals surface area contributed by atoms with Crippen LogP contribution in [0.15, 0.2) is 18.2 Å². The zero-order valence-electron chi connectivity index (χ0n) is 16.6. The van der Waals surface area contributed by atoms with Gasteiger partial charge in [-0.3, -0.25) is 0 Å². The quantitative estimate of drug-likeness (QED) is 0.545. The fourth-order valence-corrected chi connectivity index (χ4v) is 2.74. The maximum atomic E-state index is 6.13. The van der Waals surface area contributed by atoms with Crippen molar-refractivity contribution in [2.75, 3.05) is 0 Å². The van der Waals surface area contributed by atoms with Crippen LogP contribution in [0.2, 0.25) is 0 Å². The summed E-state index contributed by atoms with van der Waals surface area (Å²) in [7, 11) is -0.817. The van der Waals surface area contributed by atoms with Crippen LogP contribution in [-0.2, 0) is 51.3 Å². The molecular weight excluding hydrogens is 391 g/mol. The van der Waals surface area contributed by atoms with Gasteiger partial charge in [-0.1, -0.05) is 0 Å². The molecule has 0 aromatic heterocycles. The first-order chi connectivity index (χ1) is 10.8. The molecule has 1 aromatic rings. The van der Waals surface area contributed by atoms with Crippen molar-refractivity contribution >= 4 is 25.2 Å². The maximum Gasteiger partial charge on any atom is 0.418 e. The van der Waals surface area contributed by atoms with Crippen molar-refractivity contribution in [2.24, 2.45) is 0 Å². The summed E-state index contributed by atoms with van der Waals surface area (Å²) >= 11 is 0. The molecule has 0 atom stereocenters. The average molecular weight is 418 g/mol. The van der Waals surface area contributed by atoms with Crippen molar-refractivity contribution < 1.29 is 51.3 Å². The van der Waals surface area contributed by atoms with E-state index in [1.165, 1.54) is 0 Å². The largest absolute Gasteiger partial charge is 0.418 e. The number of rotatable bonds is 2. The van der Waals surface area contributed by atoms with Crippen molar-refractivity contribution in [1.29, 1.82) is 0 Å². The topological polar surface area (TPSA) is 36.9 Å². The molecule has 1 radical (unpaired) electrons. The van der Waals surface area contributed by atoms with Crippen LogP contribution >= 0.6 is 0 Å². The minimum atomic E-state index is -0.409. The van der Waals surface area contributed by atoms with E-state index in [9.17, 15) is 0 Å². The zero-order valence-corrected chi connectivity index (χ0v) is 19.4. The Hall–Kier alpha value is 0.294. The molecule has 2 fully saturated rings. The third-order valence-electron chi connectivity index (χ3n) is 5.88. The molecule has 0 amide bonds. The summed E-state index contributed by atoms with van der Waals surface area (Å²) in [5, 5.41) is 0. The molecule has 2 heterocycles. The van der Waals surface area contributed by atoms with Crippen LogP contribution in [0.5, 0.6) is 0 Å². The molecule has 0 bridgehead atoms. The van der Waals surface area contributed by atoms with Gasteiger partial charge in [0, 0.05) is 32.7 Å². The molecule has 133 valence electrons. The SMILES string of the molecule is CC1(C)OB(c2c[c-]cc(B3OC(C)(C)C(C)(C)O3)c2)OC1(C)C.[Y]. The third kappa shape index (κ3) is 3.81. The Labute approximate surface area is 177 Å². The van der Waals surface area contributed by atoms with Crippen LogP contribution in [0.25, 0.3) is 0 Å². The molecule has 2 aliphatic heterocycles. The van der Waals surface area contributed by atoms with Crippen molar-refractivity contribution in [3.8, 4) is 0 Å². The third-order valence-corrected chi connectivity index (χ3v) is 5.88. The second kappa shape index (κ2) is 6.72. The fourth-order valence-electron chi connectivity index (χ4n) is 2.74. The normalized spacial score (nSPS) is 25.8. The van der Waals surface area contributed by atoms with Gasteiger partial charge < -0.3 is 18.6 Å². The summed E-state index contributed by atoms with van der Waals surface area (Å²) in [5.41, 5.74) is 0.410. The zero-order chi connectivity index (χ0) is 18.0. The molecule has 25 heavy (non-hydrogen) atoms. The molecule has 2 aliphatic rings. The smallest absolute Gasteiger partial charge is 0.410 e. The maximum absolute atomic E-state index is 6.13. The first-order valence-corrected chi connectivity index (χ1v) is 8.57. The first kappa shape index (κ1) is 21.6. The Morgan fingerprint density at radius 3 is 1.20 bits per heavy atom. The summed E-state index contributed by atoms with van der Waals surface area (Å²) < 4.78 is 24.5. The standard InChI is InChI=1S/C18H27B2O4.Y/c1-15(2)16(3,4)22-19(21-15)13-10-9-11-14(12-13)20-23-17(5,6)18(7,8)24-20;/h10-12H,1-8H3;/q-1;. The van der Waals surface area contributed by atoms with Crippen molar-refractivity contribution in [1.82, 2.24) is 0 Å². The average Bonchev–Trinajstić information content (AvgIpc) is 2.79. The molecule has 0 unspecified atom stereocenters. The van der Waals surface area contributed by atoms with Crippen molar-refractivity contribution in [2.45, 2.75) is 77.8 Å². The van der Waals surface area contributed by atoms with E-state index < -0.39 is 14.2 Å². The van der Waals surface area contributed by atoms with Crippen LogP contribution in [0, 0.1) is 6.07 Å². The van der Waals surface area contributed by atoms with Gasteiger partial charge in [0.25, 0.3) is 0 Å². The Kier molecular flexibility index (Phi) is 5.80. The van der Waals surface area contributed by atoms with E-state index >= 15 is 0 Å². The molecule has 1 aromatic carbocycles. The second-order valence-corrected chi connectivity index (χ2v) is 8.78. The minimum absolute atomic E-state index is 0. The molecule has 0 N–H and O–H groups in total. The second-order valence-electron chi connectivity index (χ2n) is 8.78. The van der Waals surface area contributed by atoms with Crippen LogP contribution in [0.1, 0.15) is 55.4 Å². The molecule has 3 rings (SSSR count). The van der Waals surface area contributed by atoms with Crippen LogP contribution in [0.3, 0.4) is 0 Å². The van der Waals surface area contributed by atoms with E-state index in [1.54, 1.807) is 0 Å². The van der Waals surface area contributed by atoms with E-state index in [2.05, 4.69) is 61.5 Å². The number of hydrogen-bond donors (Lipinski definition) is 0. The van der Waals surface area contributed by atoms with E-state index in [0.29, 0.717) is 0 Å². The molecule has 0 saturated carbocycles. The summed E-state index contributed by atoms with van der Waals surface area (Å²) in [4.78, 5) is 0. The predicted molar refractivity (Wildman–Crippen MR) is 96.7 cm³/mol. The summed E-state index contributed by atoms with van der Waals surface area (Å²) in [6.45, 7) is 16.4. The summed E-state index contributed by atoms with van der Waals surface area (Å²) in [6, 6.07) is 9.00. The Morgan fingerprint density at radius 1 is 0.640 bits per heavy atom. The van der Waals surface area contributed by atoms with Gasteiger partial charge in [-0.15, -0.1) is 10.9 Å². The molecule has 0 spiro atoms. The van der Waals surface area contributed by atoms with E-state index in [0.717, 1.165) is 10.9 Å². The Balaban J connectivity index is 0.00000225. The van der Waals surface area contributed by atoms with Crippen LogP contribution < -0.4 is 10.9 Å². The molecule has 7 heteroatoms. The van der Waals surface area contributed by atoms with Gasteiger partial charge >= 0.3 is 14.2 Å². The van der Waals surface area contributed by atoms with Crippen molar-refractivity contribution in [3.05, 3.63) is 24.3 Å². The van der Waals surface area contributed by atoms with Gasteiger partial charge in [0.2, 0.25) is 0 Å². The Morgan fingerprint density at radius 2 is 0.920 bits per heavy atom. The summed E-state index contributed by atoms with van der Waals surface area (Å²) in [5.74, 6) is 0. The minimum Gasteiger partial charge on any atom is -0.410 e. The van der Waals surface area contributed by atoms with E-state index in [4.69, 9.17) is 18.6 Å². The fraction of sp³-hybridized carbons (Fsp3) is 0.667. The van der Waals surface area contributed by atoms with Crippen molar-refractivity contribution in [3.63, 3.8) is 0 Å². The van der Waals surface area contributed by atoms with Crippen LogP contribution in [0.4, 0.5) is 0 Å². The van der Waals surface area contributed by atoms with Gasteiger partial charge in [0.05, 0.1) is 22.4 Å². The number of benzene rings is 1. The van der Waals surface area contributed by atoms with Gasteiger partial charge in [0.1, 0.15) is 0 Å². The van der Waals surface area contributed by atoms with Gasteiger partial charge in [-0.2, -0.15) is 24.3 Å². The van der Waals surface area contributed by atoms with Gasteiger partial charge in [0.15, 0.2) is 0 Å². The first-order valence-electron chi connectivity index (χ1n) is 8.57. The summed E-state index contributed by atoms with van der Waals surface area (Å²) in [6.07, 6.45) is 0. The van der Waals surface area contributed by atoms with Crippen LogP contribution in [-0.4, -0.2) is 36.6 Å². The molecule has 4 nitrogen and oxygen atoms in total. The Bertz CT molecular complexity index is 562. The predicted octanol–water partition coefficient (Wildman–Crippen LogP) is 2.08. The van der Waals surface area contributed by atoms with Gasteiger partial charge in [-0.25, -0.2) is 0 Å². The van der Waals surface area contributed by atoms with E-state index in [1.807, 2.05) is 18.2 Å². The molecule has 0 aliphatic carbocycles. The van der Waals surface area contributed by atoms with E-state index in [-0.39, 0.29) is 55.1 Å².